The molecule has 0 fully saturated rings. The molecule has 5 nitrogen and oxygen atoms in total. The largest absolute Gasteiger partial charge is 0.353 e. The fraction of sp³-hybridized carbons (Fsp3) is 0.368. The van der Waals surface area contributed by atoms with E-state index >= 15 is 0 Å². The lowest BCUT2D eigenvalue weighted by atomic mass is 10.1. The van der Waals surface area contributed by atoms with Gasteiger partial charge in [0, 0.05) is 6.54 Å². The molecule has 0 spiro atoms. The summed E-state index contributed by atoms with van der Waals surface area (Å²) in [6.45, 7) is 5.59. The highest BCUT2D eigenvalue weighted by atomic mass is 35.5. The highest BCUT2D eigenvalue weighted by Crippen LogP contribution is 2.30. The third-order valence-corrected chi connectivity index (χ3v) is 4.06. The van der Waals surface area contributed by atoms with E-state index in [4.69, 9.17) is 11.6 Å². The van der Waals surface area contributed by atoms with E-state index in [0.29, 0.717) is 17.3 Å². The molecular weight excluding hydrogens is 336 g/mol. The van der Waals surface area contributed by atoms with Crippen molar-refractivity contribution in [3.05, 3.63) is 52.3 Å². The minimum Gasteiger partial charge on any atom is -0.353 e. The molecule has 2 N–H and O–H groups in total. The molecule has 0 atom stereocenters. The Morgan fingerprint density at radius 3 is 2.60 bits per heavy atom. The predicted octanol–water partition coefficient (Wildman–Crippen LogP) is 3.78. The normalized spacial score (nSPS) is 10.8. The first-order valence-electron chi connectivity index (χ1n) is 8.29. The van der Waals surface area contributed by atoms with Gasteiger partial charge in [0.2, 0.25) is 0 Å². The molecule has 0 aliphatic heterocycles. The van der Waals surface area contributed by atoms with Crippen LogP contribution in [-0.2, 0) is 0 Å². The van der Waals surface area contributed by atoms with Gasteiger partial charge in [0.05, 0.1) is 22.6 Å². The maximum atomic E-state index is 12.1. The van der Waals surface area contributed by atoms with Crippen LogP contribution in [0.2, 0.25) is 5.02 Å². The molecule has 25 heavy (non-hydrogen) atoms. The molecule has 0 saturated heterocycles. The Kier molecular flexibility index (Phi) is 6.79. The smallest absolute Gasteiger partial charge is 0.269 e. The molecule has 1 amide bonds. The lowest BCUT2D eigenvalue weighted by Crippen LogP contribution is -2.27. The van der Waals surface area contributed by atoms with Crippen LogP contribution in [0, 0.1) is 13.8 Å². The van der Waals surface area contributed by atoms with Gasteiger partial charge in [0.1, 0.15) is 5.69 Å². The van der Waals surface area contributed by atoms with E-state index in [1.54, 1.807) is 12.3 Å². The van der Waals surface area contributed by atoms with Crippen LogP contribution in [0.25, 0.3) is 0 Å². The fourth-order valence-corrected chi connectivity index (χ4v) is 2.88. The molecule has 0 unspecified atom stereocenters. The van der Waals surface area contributed by atoms with Crippen molar-refractivity contribution in [3.8, 4) is 0 Å². The van der Waals surface area contributed by atoms with Crippen molar-refractivity contribution >= 4 is 28.9 Å². The number of nitrogens with zero attached hydrogens (tertiary/aromatic N) is 2. The summed E-state index contributed by atoms with van der Waals surface area (Å²) < 4.78 is 0. The van der Waals surface area contributed by atoms with Gasteiger partial charge in [-0.25, -0.2) is 4.98 Å². The monoisotopic (exact) mass is 360 g/mol. The van der Waals surface area contributed by atoms with Gasteiger partial charge < -0.3 is 15.5 Å². The maximum Gasteiger partial charge on any atom is 0.269 e. The van der Waals surface area contributed by atoms with Crippen molar-refractivity contribution in [2.45, 2.75) is 20.3 Å². The highest BCUT2D eigenvalue weighted by Gasteiger charge is 2.09. The van der Waals surface area contributed by atoms with E-state index in [1.807, 2.05) is 40.1 Å². The molecule has 0 bridgehead atoms. The van der Waals surface area contributed by atoms with Crippen LogP contribution in [0.4, 0.5) is 11.4 Å². The molecule has 1 aromatic heterocycles. The molecule has 1 heterocycles. The van der Waals surface area contributed by atoms with Crippen molar-refractivity contribution in [1.82, 2.24) is 15.2 Å². The molecule has 0 radical (unpaired) electrons. The number of benzene rings is 1. The molecular formula is C19H25ClN4O. The van der Waals surface area contributed by atoms with Crippen molar-refractivity contribution in [2.24, 2.45) is 0 Å². The molecule has 0 aliphatic rings. The standard InChI is InChI=1S/C19H25ClN4O/c1-13-10-14(2)18(16(20)11-13)23-15-6-7-17(22-12-15)19(25)21-8-5-9-24(3)4/h6-7,10-12,23H,5,8-9H2,1-4H3,(H,21,25). The van der Waals surface area contributed by atoms with Gasteiger partial charge in [-0.05, 0) is 70.2 Å². The number of aryl methyl sites for hydroxylation is 2. The number of anilines is 2. The molecule has 0 aliphatic carbocycles. The van der Waals surface area contributed by atoms with E-state index in [1.165, 1.54) is 0 Å². The summed E-state index contributed by atoms with van der Waals surface area (Å²) >= 11 is 6.31. The summed E-state index contributed by atoms with van der Waals surface area (Å²) in [5.41, 5.74) is 4.23. The van der Waals surface area contributed by atoms with Crippen molar-refractivity contribution in [3.63, 3.8) is 0 Å². The van der Waals surface area contributed by atoms with Gasteiger partial charge in [-0.2, -0.15) is 0 Å². The number of pyridine rings is 1. The maximum absolute atomic E-state index is 12.1. The topological polar surface area (TPSA) is 57.3 Å². The highest BCUT2D eigenvalue weighted by molar-refractivity contribution is 6.33. The molecule has 2 aromatic rings. The van der Waals surface area contributed by atoms with Crippen LogP contribution in [0.15, 0.2) is 30.5 Å². The average Bonchev–Trinajstić information content (AvgIpc) is 2.55. The summed E-state index contributed by atoms with van der Waals surface area (Å²) in [6, 6.07) is 7.52. The summed E-state index contributed by atoms with van der Waals surface area (Å²) in [6.07, 6.45) is 2.55. The lowest BCUT2D eigenvalue weighted by molar-refractivity contribution is 0.0947. The zero-order valence-electron chi connectivity index (χ0n) is 15.2. The Morgan fingerprint density at radius 2 is 2.00 bits per heavy atom. The zero-order chi connectivity index (χ0) is 18.4. The second-order valence-electron chi connectivity index (χ2n) is 6.41. The molecule has 1 aromatic carbocycles. The number of hydrogen-bond acceptors (Lipinski definition) is 4. The summed E-state index contributed by atoms with van der Waals surface area (Å²) in [7, 11) is 4.02. The summed E-state index contributed by atoms with van der Waals surface area (Å²) in [5, 5.41) is 6.81. The second kappa shape index (κ2) is 8.83. The Balaban J connectivity index is 1.97. The number of carbonyl (C=O) groups excluding carboxylic acids is 1. The Bertz CT molecular complexity index is 706. The number of amides is 1. The van der Waals surface area contributed by atoms with Gasteiger partial charge in [-0.1, -0.05) is 17.7 Å². The van der Waals surface area contributed by atoms with Gasteiger partial charge in [-0.3, -0.25) is 4.79 Å². The van der Waals surface area contributed by atoms with Crippen molar-refractivity contribution in [2.75, 3.05) is 32.5 Å². The second-order valence-corrected chi connectivity index (χ2v) is 6.82. The summed E-state index contributed by atoms with van der Waals surface area (Å²) in [5.74, 6) is -0.158. The quantitative estimate of drug-likeness (QED) is 0.738. The SMILES string of the molecule is Cc1cc(C)c(Nc2ccc(C(=O)NCCCN(C)C)nc2)c(Cl)c1. The molecule has 6 heteroatoms. The molecule has 134 valence electrons. The van der Waals surface area contributed by atoms with Crippen LogP contribution in [0.5, 0.6) is 0 Å². The van der Waals surface area contributed by atoms with Crippen LogP contribution in [-0.4, -0.2) is 43.0 Å². The number of rotatable bonds is 7. The van der Waals surface area contributed by atoms with Crippen LogP contribution in [0.3, 0.4) is 0 Å². The number of aromatic nitrogens is 1. The lowest BCUT2D eigenvalue weighted by Gasteiger charge is -2.13. The number of carbonyl (C=O) groups is 1. The van der Waals surface area contributed by atoms with Crippen LogP contribution in [0.1, 0.15) is 28.0 Å². The number of halogens is 1. The van der Waals surface area contributed by atoms with Gasteiger partial charge in [0.25, 0.3) is 5.91 Å². The Labute approximate surface area is 154 Å². The third kappa shape index (κ3) is 5.73. The number of hydrogen-bond donors (Lipinski definition) is 2. The zero-order valence-corrected chi connectivity index (χ0v) is 15.9. The third-order valence-electron chi connectivity index (χ3n) is 3.76. The van der Waals surface area contributed by atoms with E-state index in [9.17, 15) is 4.79 Å². The first-order valence-corrected chi connectivity index (χ1v) is 8.67. The van der Waals surface area contributed by atoms with E-state index in [-0.39, 0.29) is 5.91 Å². The van der Waals surface area contributed by atoms with Gasteiger partial charge in [0.15, 0.2) is 0 Å². The fourth-order valence-electron chi connectivity index (χ4n) is 2.51. The van der Waals surface area contributed by atoms with Gasteiger partial charge >= 0.3 is 0 Å². The van der Waals surface area contributed by atoms with Crippen molar-refractivity contribution < 1.29 is 4.79 Å². The van der Waals surface area contributed by atoms with Crippen molar-refractivity contribution in [1.29, 1.82) is 0 Å². The first kappa shape index (κ1) is 19.2. The minimum absolute atomic E-state index is 0.158. The average molecular weight is 361 g/mol. The predicted molar refractivity (Wildman–Crippen MR) is 104 cm³/mol. The summed E-state index contributed by atoms with van der Waals surface area (Å²) in [4.78, 5) is 18.4. The molecule has 0 saturated carbocycles. The van der Waals surface area contributed by atoms with E-state index < -0.39 is 0 Å². The van der Waals surface area contributed by atoms with Gasteiger partial charge in [-0.15, -0.1) is 0 Å². The molecule has 2 rings (SSSR count). The van der Waals surface area contributed by atoms with Crippen LogP contribution < -0.4 is 10.6 Å². The Hall–Kier alpha value is -2.11. The number of nitrogens with one attached hydrogen (secondary N) is 2. The first-order chi connectivity index (χ1) is 11.9. The van der Waals surface area contributed by atoms with E-state index in [2.05, 4.69) is 26.6 Å². The Morgan fingerprint density at radius 1 is 1.24 bits per heavy atom. The van der Waals surface area contributed by atoms with Crippen LogP contribution >= 0.6 is 11.6 Å². The van der Waals surface area contributed by atoms with E-state index in [0.717, 1.165) is 35.5 Å². The minimum atomic E-state index is -0.158.